The van der Waals surface area contributed by atoms with Crippen LogP contribution in [0.1, 0.15) is 45.3 Å². The normalized spacial score (nSPS) is 14.4. The van der Waals surface area contributed by atoms with E-state index in [0.29, 0.717) is 11.3 Å². The number of halogens is 1. The van der Waals surface area contributed by atoms with Gasteiger partial charge in [0, 0.05) is 5.69 Å². The summed E-state index contributed by atoms with van der Waals surface area (Å²) >= 11 is 0. The first-order valence-electron chi connectivity index (χ1n) is 8.21. The minimum atomic E-state index is -0.452. The zero-order chi connectivity index (χ0) is 17.8. The van der Waals surface area contributed by atoms with Gasteiger partial charge >= 0.3 is 5.97 Å². The average molecular weight is 380 g/mol. The van der Waals surface area contributed by atoms with Crippen molar-refractivity contribution < 1.29 is 14.3 Å². The maximum Gasteiger partial charge on any atom is 0.337 e. The Hall–Kier alpha value is -2.45. The molecular weight excluding hydrogens is 358 g/mol. The molecule has 0 aliphatic carbocycles. The predicted octanol–water partition coefficient (Wildman–Crippen LogP) is 1.97. The molecule has 1 aromatic carbocycles. The maximum atomic E-state index is 12.5. The molecule has 1 aliphatic heterocycles. The molecule has 0 bridgehead atoms. The number of carbonyl (C=O) groups excluding carboxylic acids is 2. The fourth-order valence-corrected chi connectivity index (χ4v) is 2.82. The van der Waals surface area contributed by atoms with Crippen LogP contribution in [0.4, 0.5) is 5.69 Å². The molecule has 1 aromatic heterocycles. The Balaban J connectivity index is 0.00000243. The lowest BCUT2D eigenvalue weighted by atomic mass is 10.1. The van der Waals surface area contributed by atoms with Gasteiger partial charge in [0.2, 0.25) is 0 Å². The van der Waals surface area contributed by atoms with Gasteiger partial charge in [-0.3, -0.25) is 4.79 Å². The Kier molecular flexibility index (Phi) is 6.70. The van der Waals surface area contributed by atoms with Crippen LogP contribution in [0.15, 0.2) is 24.4 Å². The number of aryl methyl sites for hydroxylation is 1. The lowest BCUT2D eigenvalue weighted by molar-refractivity contribution is 0.0600. The zero-order valence-electron chi connectivity index (χ0n) is 14.7. The molecule has 26 heavy (non-hydrogen) atoms. The molecule has 0 unspecified atom stereocenters. The van der Waals surface area contributed by atoms with Gasteiger partial charge in [0.1, 0.15) is 0 Å². The van der Waals surface area contributed by atoms with E-state index in [1.165, 1.54) is 7.11 Å². The van der Waals surface area contributed by atoms with Crippen LogP contribution in [0.2, 0.25) is 0 Å². The molecule has 9 heteroatoms. The molecule has 0 radical (unpaired) electrons. The molecular formula is C17H22ClN5O3. The fourth-order valence-electron chi connectivity index (χ4n) is 2.82. The highest BCUT2D eigenvalue weighted by atomic mass is 35.5. The van der Waals surface area contributed by atoms with Gasteiger partial charge in [-0.15, -0.1) is 17.5 Å². The van der Waals surface area contributed by atoms with E-state index >= 15 is 0 Å². The van der Waals surface area contributed by atoms with E-state index in [9.17, 15) is 9.59 Å². The van der Waals surface area contributed by atoms with Gasteiger partial charge in [-0.1, -0.05) is 11.3 Å². The Morgan fingerprint density at radius 3 is 2.73 bits per heavy atom. The molecule has 2 aromatic rings. The highest BCUT2D eigenvalue weighted by Gasteiger charge is 2.19. The minimum Gasteiger partial charge on any atom is -0.465 e. The summed E-state index contributed by atoms with van der Waals surface area (Å²) in [4.78, 5) is 24.1. The highest BCUT2D eigenvalue weighted by Crippen LogP contribution is 2.20. The van der Waals surface area contributed by atoms with Crippen molar-refractivity contribution in [3.05, 3.63) is 41.2 Å². The van der Waals surface area contributed by atoms with Crippen LogP contribution < -0.4 is 10.6 Å². The fraction of sp³-hybridized carbons (Fsp3) is 0.412. The molecule has 0 spiro atoms. The van der Waals surface area contributed by atoms with Crippen molar-refractivity contribution in [2.45, 2.75) is 25.8 Å². The van der Waals surface area contributed by atoms with E-state index in [4.69, 9.17) is 4.74 Å². The summed E-state index contributed by atoms with van der Waals surface area (Å²) in [5.41, 5.74) is 2.01. The van der Waals surface area contributed by atoms with E-state index in [1.54, 1.807) is 29.1 Å². The first-order chi connectivity index (χ1) is 12.1. The van der Waals surface area contributed by atoms with Crippen molar-refractivity contribution in [2.75, 3.05) is 25.5 Å². The van der Waals surface area contributed by atoms with Gasteiger partial charge in [-0.2, -0.15) is 0 Å². The molecule has 1 saturated heterocycles. The number of ether oxygens (including phenoxy) is 1. The Morgan fingerprint density at radius 1 is 1.31 bits per heavy atom. The number of esters is 1. The molecule has 1 fully saturated rings. The van der Waals surface area contributed by atoms with E-state index in [1.807, 2.05) is 6.92 Å². The number of hydrogen-bond acceptors (Lipinski definition) is 6. The minimum absolute atomic E-state index is 0. The molecule has 0 atom stereocenters. The third kappa shape index (κ3) is 4.39. The summed E-state index contributed by atoms with van der Waals surface area (Å²) in [5.74, 6) is -0.808. The summed E-state index contributed by atoms with van der Waals surface area (Å²) in [5, 5.41) is 14.1. The quantitative estimate of drug-likeness (QED) is 0.788. The molecule has 3 rings (SSSR count). The number of rotatable bonds is 4. The topological polar surface area (TPSA) is 98.1 Å². The number of aromatic nitrogens is 3. The number of nitrogens with zero attached hydrogens (tertiary/aromatic N) is 3. The molecule has 1 aliphatic rings. The van der Waals surface area contributed by atoms with Gasteiger partial charge in [0.25, 0.3) is 5.91 Å². The Morgan fingerprint density at radius 2 is 2.04 bits per heavy atom. The van der Waals surface area contributed by atoms with E-state index in [-0.39, 0.29) is 30.0 Å². The first-order valence-corrected chi connectivity index (χ1v) is 8.21. The highest BCUT2D eigenvalue weighted by molar-refractivity contribution is 6.03. The van der Waals surface area contributed by atoms with Crippen LogP contribution >= 0.6 is 12.4 Å². The molecule has 0 saturated carbocycles. The van der Waals surface area contributed by atoms with Gasteiger partial charge in [-0.05, 0) is 50.6 Å². The van der Waals surface area contributed by atoms with Crippen molar-refractivity contribution in [3.63, 3.8) is 0 Å². The Bertz CT molecular complexity index is 786. The molecule has 2 heterocycles. The predicted molar refractivity (Wildman–Crippen MR) is 98.9 cm³/mol. The number of nitrogens with one attached hydrogen (secondary N) is 2. The number of methoxy groups -OCH3 is 1. The molecule has 1 amide bonds. The standard InChI is InChI=1S/C17H21N5O3.ClH/c1-11-3-4-12(17(24)25-2)9-14(11)19-16(23)15-10-22(21-20-15)13-5-7-18-8-6-13;/h3-4,9-10,13,18H,5-8H2,1-2H3,(H,19,23);1H. The van der Waals surface area contributed by atoms with E-state index < -0.39 is 5.97 Å². The van der Waals surface area contributed by atoms with Crippen LogP contribution in [-0.2, 0) is 4.74 Å². The van der Waals surface area contributed by atoms with Crippen molar-refractivity contribution in [2.24, 2.45) is 0 Å². The summed E-state index contributed by atoms with van der Waals surface area (Å²) < 4.78 is 6.47. The smallest absolute Gasteiger partial charge is 0.337 e. The summed E-state index contributed by atoms with van der Waals surface area (Å²) in [7, 11) is 1.32. The largest absolute Gasteiger partial charge is 0.465 e. The SMILES string of the molecule is COC(=O)c1ccc(C)c(NC(=O)c2cn(C3CCNCC3)nn2)c1.Cl. The van der Waals surface area contributed by atoms with Gasteiger partial charge in [-0.25, -0.2) is 9.48 Å². The summed E-state index contributed by atoms with van der Waals surface area (Å²) in [6.07, 6.45) is 3.60. The second kappa shape index (κ2) is 8.77. The van der Waals surface area contributed by atoms with Crippen LogP contribution in [0.5, 0.6) is 0 Å². The number of piperidine rings is 1. The number of anilines is 1. The average Bonchev–Trinajstić information content (AvgIpc) is 3.14. The van der Waals surface area contributed by atoms with Gasteiger partial charge < -0.3 is 15.4 Å². The third-order valence-electron chi connectivity index (χ3n) is 4.33. The van der Waals surface area contributed by atoms with Gasteiger partial charge in [0.05, 0.1) is 24.9 Å². The second-order valence-corrected chi connectivity index (χ2v) is 6.04. The molecule has 2 N–H and O–H groups in total. The number of carbonyl (C=O) groups is 2. The third-order valence-corrected chi connectivity index (χ3v) is 4.33. The van der Waals surface area contributed by atoms with E-state index in [0.717, 1.165) is 31.5 Å². The van der Waals surface area contributed by atoms with Crippen LogP contribution in [-0.4, -0.2) is 47.1 Å². The summed E-state index contributed by atoms with van der Waals surface area (Å²) in [6, 6.07) is 5.27. The number of benzene rings is 1. The Labute approximate surface area is 157 Å². The van der Waals surface area contributed by atoms with Gasteiger partial charge in [0.15, 0.2) is 5.69 Å². The van der Waals surface area contributed by atoms with Crippen molar-refractivity contribution in [1.29, 1.82) is 0 Å². The first kappa shape index (κ1) is 19.9. The van der Waals surface area contributed by atoms with Crippen molar-refractivity contribution in [3.8, 4) is 0 Å². The lowest BCUT2D eigenvalue weighted by Gasteiger charge is -2.22. The number of amides is 1. The van der Waals surface area contributed by atoms with Crippen LogP contribution in [0, 0.1) is 6.92 Å². The zero-order valence-corrected chi connectivity index (χ0v) is 15.5. The monoisotopic (exact) mass is 379 g/mol. The van der Waals surface area contributed by atoms with Crippen molar-refractivity contribution >= 4 is 30.0 Å². The molecule has 8 nitrogen and oxygen atoms in total. The van der Waals surface area contributed by atoms with Crippen LogP contribution in [0.3, 0.4) is 0 Å². The maximum absolute atomic E-state index is 12.5. The van der Waals surface area contributed by atoms with Crippen molar-refractivity contribution in [1.82, 2.24) is 20.3 Å². The summed E-state index contributed by atoms with van der Waals surface area (Å²) in [6.45, 7) is 3.72. The van der Waals surface area contributed by atoms with Crippen LogP contribution in [0.25, 0.3) is 0 Å². The molecule has 140 valence electrons. The number of hydrogen-bond donors (Lipinski definition) is 2. The van der Waals surface area contributed by atoms with E-state index in [2.05, 4.69) is 20.9 Å². The second-order valence-electron chi connectivity index (χ2n) is 6.04. The lowest BCUT2D eigenvalue weighted by Crippen LogP contribution is -2.29.